The topological polar surface area (TPSA) is 72.4 Å². The quantitative estimate of drug-likeness (QED) is 0.209. The highest BCUT2D eigenvalue weighted by Crippen LogP contribution is 2.32. The van der Waals surface area contributed by atoms with Gasteiger partial charge in [0.2, 0.25) is 0 Å². The van der Waals surface area contributed by atoms with Crippen LogP contribution in [-0.2, 0) is 12.3 Å². The van der Waals surface area contributed by atoms with Gasteiger partial charge in [0.25, 0.3) is 5.91 Å². The number of furan rings is 1. The van der Waals surface area contributed by atoms with E-state index in [0.29, 0.717) is 29.1 Å². The molecule has 0 aliphatic carbocycles. The molecular formula is C27H19ClN4O2S. The average Bonchev–Trinajstić information content (AvgIpc) is 3.54. The van der Waals surface area contributed by atoms with E-state index in [2.05, 4.69) is 9.72 Å². The van der Waals surface area contributed by atoms with Crippen molar-refractivity contribution >= 4 is 56.9 Å². The third-order valence-electron chi connectivity index (χ3n) is 5.79. The molecule has 35 heavy (non-hydrogen) atoms. The summed E-state index contributed by atoms with van der Waals surface area (Å²) in [6.07, 6.45) is 1.59. The minimum absolute atomic E-state index is 0.191. The van der Waals surface area contributed by atoms with Gasteiger partial charge in [0.1, 0.15) is 11.4 Å². The van der Waals surface area contributed by atoms with Crippen molar-refractivity contribution in [3.05, 3.63) is 107 Å². The lowest BCUT2D eigenvalue weighted by molar-refractivity contribution is 0.0948. The van der Waals surface area contributed by atoms with Crippen molar-refractivity contribution in [3.8, 4) is 0 Å². The van der Waals surface area contributed by atoms with Gasteiger partial charge in [-0.1, -0.05) is 53.7 Å². The number of halogens is 1. The summed E-state index contributed by atoms with van der Waals surface area (Å²) in [5, 5.41) is 5.28. The molecule has 3 aromatic heterocycles. The van der Waals surface area contributed by atoms with Crippen molar-refractivity contribution in [1.82, 2.24) is 19.7 Å². The summed E-state index contributed by atoms with van der Waals surface area (Å²) in [7, 11) is 0. The molecule has 0 bridgehead atoms. The van der Waals surface area contributed by atoms with E-state index in [1.807, 2.05) is 66.7 Å². The highest BCUT2D eigenvalue weighted by atomic mass is 35.5. The number of amides is 1. The maximum atomic E-state index is 12.8. The molecule has 6 nitrogen and oxygen atoms in total. The zero-order valence-electron chi connectivity index (χ0n) is 18.4. The van der Waals surface area contributed by atoms with Crippen LogP contribution >= 0.6 is 23.4 Å². The van der Waals surface area contributed by atoms with Gasteiger partial charge in [-0.25, -0.2) is 9.97 Å². The summed E-state index contributed by atoms with van der Waals surface area (Å²) in [6, 6.07) is 25.0. The van der Waals surface area contributed by atoms with E-state index >= 15 is 0 Å². The number of hydrogen-bond acceptors (Lipinski definition) is 5. The van der Waals surface area contributed by atoms with Crippen molar-refractivity contribution in [2.24, 2.45) is 0 Å². The van der Waals surface area contributed by atoms with Crippen LogP contribution in [0.15, 0.2) is 94.7 Å². The molecule has 0 radical (unpaired) electrons. The van der Waals surface area contributed by atoms with Crippen LogP contribution in [0.1, 0.15) is 21.7 Å². The van der Waals surface area contributed by atoms with E-state index in [1.165, 1.54) is 0 Å². The van der Waals surface area contributed by atoms with Crippen LogP contribution < -0.4 is 5.32 Å². The summed E-state index contributed by atoms with van der Waals surface area (Å²) in [6.45, 7) is 0.320. The number of rotatable bonds is 6. The number of carbonyl (C=O) groups is 1. The highest BCUT2D eigenvalue weighted by Gasteiger charge is 2.16. The summed E-state index contributed by atoms with van der Waals surface area (Å²) in [5.41, 5.74) is 4.95. The van der Waals surface area contributed by atoms with Crippen LogP contribution in [0.4, 0.5) is 0 Å². The molecule has 0 saturated carbocycles. The zero-order valence-corrected chi connectivity index (χ0v) is 20.0. The number of imidazole rings is 1. The van der Waals surface area contributed by atoms with E-state index in [1.54, 1.807) is 30.2 Å². The summed E-state index contributed by atoms with van der Waals surface area (Å²) < 4.78 is 7.38. The van der Waals surface area contributed by atoms with Crippen LogP contribution in [-0.4, -0.2) is 20.3 Å². The Morgan fingerprint density at radius 3 is 2.69 bits per heavy atom. The molecule has 0 aliphatic rings. The number of carbonyl (C=O) groups excluding carboxylic acids is 1. The molecule has 172 valence electrons. The third kappa shape index (κ3) is 4.13. The summed E-state index contributed by atoms with van der Waals surface area (Å²) in [4.78, 5) is 22.7. The molecule has 3 aromatic carbocycles. The maximum Gasteiger partial charge on any atom is 0.251 e. The fourth-order valence-electron chi connectivity index (χ4n) is 4.05. The second kappa shape index (κ2) is 9.09. The maximum absolute atomic E-state index is 12.8. The number of thioether (sulfide) groups is 1. The van der Waals surface area contributed by atoms with Gasteiger partial charge in [-0.15, -0.1) is 0 Å². The van der Waals surface area contributed by atoms with E-state index in [9.17, 15) is 4.79 Å². The van der Waals surface area contributed by atoms with Gasteiger partial charge in [0.05, 0.1) is 29.4 Å². The Hall–Kier alpha value is -3.81. The minimum Gasteiger partial charge on any atom is -0.467 e. The SMILES string of the molecule is O=C(NCc1ccco1)c1ccc2c(c1)nc(SCc1ccccc1Cl)n1c3ccccc3nc21. The third-order valence-corrected chi connectivity index (χ3v) is 7.14. The lowest BCUT2D eigenvalue weighted by Crippen LogP contribution is -2.22. The van der Waals surface area contributed by atoms with E-state index in [-0.39, 0.29) is 5.91 Å². The Labute approximate surface area is 209 Å². The molecule has 0 aliphatic heterocycles. The van der Waals surface area contributed by atoms with E-state index < -0.39 is 0 Å². The van der Waals surface area contributed by atoms with Gasteiger partial charge >= 0.3 is 0 Å². The van der Waals surface area contributed by atoms with Gasteiger partial charge in [-0.05, 0) is 54.1 Å². The van der Waals surface area contributed by atoms with Crippen LogP contribution in [0, 0.1) is 0 Å². The molecule has 0 unspecified atom stereocenters. The number of hydrogen-bond donors (Lipinski definition) is 1. The first kappa shape index (κ1) is 21.7. The van der Waals surface area contributed by atoms with Crippen molar-refractivity contribution < 1.29 is 9.21 Å². The Morgan fingerprint density at radius 1 is 0.971 bits per heavy atom. The standard InChI is InChI=1S/C27H19ClN4O2S/c28-21-8-2-1-6-18(21)16-35-27-31-23-14-17(26(33)29-15-19-7-5-13-34-19)11-12-20(23)25-30-22-9-3-4-10-24(22)32(25)27/h1-14H,15-16H2,(H,29,33). The van der Waals surface area contributed by atoms with Gasteiger partial charge in [-0.2, -0.15) is 0 Å². The fourth-order valence-corrected chi connectivity index (χ4v) is 5.34. The number of para-hydroxylation sites is 2. The first-order valence-electron chi connectivity index (χ1n) is 11.0. The second-order valence-electron chi connectivity index (χ2n) is 8.03. The summed E-state index contributed by atoms with van der Waals surface area (Å²) >= 11 is 7.98. The van der Waals surface area contributed by atoms with E-state index in [0.717, 1.165) is 37.8 Å². The Balaban J connectivity index is 1.43. The molecule has 0 atom stereocenters. The smallest absolute Gasteiger partial charge is 0.251 e. The van der Waals surface area contributed by atoms with Gasteiger partial charge in [0.15, 0.2) is 5.16 Å². The van der Waals surface area contributed by atoms with Crippen LogP contribution in [0.25, 0.3) is 27.6 Å². The molecule has 0 fully saturated rings. The largest absolute Gasteiger partial charge is 0.467 e. The minimum atomic E-state index is -0.191. The monoisotopic (exact) mass is 498 g/mol. The Kier molecular flexibility index (Phi) is 5.64. The van der Waals surface area contributed by atoms with Crippen molar-refractivity contribution in [2.45, 2.75) is 17.5 Å². The van der Waals surface area contributed by atoms with Gasteiger partial charge in [0, 0.05) is 21.7 Å². The molecule has 1 N–H and O–H groups in total. The van der Waals surface area contributed by atoms with Gasteiger partial charge in [-0.3, -0.25) is 9.20 Å². The Bertz CT molecular complexity index is 1690. The lowest BCUT2D eigenvalue weighted by Gasteiger charge is -2.10. The predicted octanol–water partition coefficient (Wildman–Crippen LogP) is 6.50. The predicted molar refractivity (Wildman–Crippen MR) is 139 cm³/mol. The first-order valence-corrected chi connectivity index (χ1v) is 12.4. The van der Waals surface area contributed by atoms with Crippen LogP contribution in [0.5, 0.6) is 0 Å². The van der Waals surface area contributed by atoms with Gasteiger partial charge < -0.3 is 9.73 Å². The molecule has 0 spiro atoms. The number of aromatic nitrogens is 3. The molecule has 6 rings (SSSR count). The number of benzene rings is 3. The number of nitrogens with one attached hydrogen (secondary N) is 1. The molecule has 1 amide bonds. The molecule has 6 aromatic rings. The lowest BCUT2D eigenvalue weighted by atomic mass is 10.1. The molecule has 8 heteroatoms. The Morgan fingerprint density at radius 2 is 1.83 bits per heavy atom. The van der Waals surface area contributed by atoms with E-state index in [4.69, 9.17) is 26.0 Å². The summed E-state index contributed by atoms with van der Waals surface area (Å²) in [5.74, 6) is 1.16. The van der Waals surface area contributed by atoms with Crippen LogP contribution in [0.2, 0.25) is 5.02 Å². The molecule has 0 saturated heterocycles. The second-order valence-corrected chi connectivity index (χ2v) is 9.38. The molecule has 3 heterocycles. The number of fused-ring (bicyclic) bond motifs is 5. The van der Waals surface area contributed by atoms with Crippen molar-refractivity contribution in [3.63, 3.8) is 0 Å². The fraction of sp³-hybridized carbons (Fsp3) is 0.0741. The first-order chi connectivity index (χ1) is 17.2. The highest BCUT2D eigenvalue weighted by molar-refractivity contribution is 7.98. The molecular weight excluding hydrogens is 480 g/mol. The number of nitrogens with zero attached hydrogens (tertiary/aromatic N) is 3. The zero-order chi connectivity index (χ0) is 23.8. The normalized spacial score (nSPS) is 11.5. The van der Waals surface area contributed by atoms with Crippen molar-refractivity contribution in [1.29, 1.82) is 0 Å². The van der Waals surface area contributed by atoms with Crippen molar-refractivity contribution in [2.75, 3.05) is 0 Å². The average molecular weight is 499 g/mol. The van der Waals surface area contributed by atoms with Crippen LogP contribution in [0.3, 0.4) is 0 Å².